The van der Waals surface area contributed by atoms with Gasteiger partial charge in [0, 0.05) is 14.2 Å². The van der Waals surface area contributed by atoms with Gasteiger partial charge in [-0.25, -0.2) is 0 Å². The molecule has 0 aliphatic heterocycles. The Morgan fingerprint density at radius 2 is 2.08 bits per heavy atom. The van der Waals surface area contributed by atoms with Crippen LogP contribution in [-0.2, 0) is 9.53 Å². The number of ether oxygens (including phenoxy) is 1. The van der Waals surface area contributed by atoms with Gasteiger partial charge in [-0.1, -0.05) is 0 Å². The topological polar surface area (TPSA) is 49.8 Å². The molecule has 1 N–H and O–H groups in total. The lowest BCUT2D eigenvalue weighted by atomic mass is 10.2. The fourth-order valence-electron chi connectivity index (χ4n) is 0.727. The van der Waals surface area contributed by atoms with Crippen LogP contribution < -0.4 is 0 Å². The Morgan fingerprint density at radius 3 is 2.42 bits per heavy atom. The van der Waals surface area contributed by atoms with Gasteiger partial charge in [0.15, 0.2) is 0 Å². The lowest BCUT2D eigenvalue weighted by Gasteiger charge is -2.25. The van der Waals surface area contributed by atoms with Gasteiger partial charge in [0.2, 0.25) is 0 Å². The summed E-state index contributed by atoms with van der Waals surface area (Å²) in [4.78, 5) is 12.8. The lowest BCUT2D eigenvalue weighted by molar-refractivity contribution is -0.142. The average Bonchev–Trinajstić information content (AvgIpc) is 2.12. The fraction of sp³-hybridized carbons (Fsp3) is 0.875. The van der Waals surface area contributed by atoms with Crippen LogP contribution in [0.25, 0.3) is 0 Å². The Labute approximate surface area is 73.1 Å². The summed E-state index contributed by atoms with van der Waals surface area (Å²) in [6.45, 7) is 3.43. The summed E-state index contributed by atoms with van der Waals surface area (Å²) >= 11 is 0. The largest absolute Gasteiger partial charge is 0.394 e. The molecule has 0 aromatic heterocycles. The van der Waals surface area contributed by atoms with Crippen molar-refractivity contribution in [2.24, 2.45) is 0 Å². The van der Waals surface area contributed by atoms with E-state index in [2.05, 4.69) is 0 Å². The molecule has 0 heterocycles. The molecule has 0 saturated carbocycles. The van der Waals surface area contributed by atoms with Crippen molar-refractivity contribution in [3.63, 3.8) is 0 Å². The molecule has 1 amide bonds. The molecule has 0 fully saturated rings. The monoisotopic (exact) mass is 175 g/mol. The van der Waals surface area contributed by atoms with E-state index in [0.29, 0.717) is 0 Å². The summed E-state index contributed by atoms with van der Waals surface area (Å²) in [7, 11) is 3.14. The predicted octanol–water partition coefficient (Wildman–Crippen LogP) is -0.139. The standard InChI is InChI=1S/C8H17NO3/c1-6(5-10)9(3)8(11)7(2)12-4/h6-7,10H,5H2,1-4H3. The number of carbonyl (C=O) groups excluding carboxylic acids is 1. The molecule has 12 heavy (non-hydrogen) atoms. The molecular weight excluding hydrogens is 158 g/mol. The van der Waals surface area contributed by atoms with E-state index in [4.69, 9.17) is 9.84 Å². The number of nitrogens with zero attached hydrogens (tertiary/aromatic N) is 1. The summed E-state index contributed by atoms with van der Waals surface area (Å²) in [5, 5.41) is 8.77. The second-order valence-electron chi connectivity index (χ2n) is 2.86. The van der Waals surface area contributed by atoms with E-state index >= 15 is 0 Å². The highest BCUT2D eigenvalue weighted by atomic mass is 16.5. The first-order valence-corrected chi connectivity index (χ1v) is 3.94. The summed E-state index contributed by atoms with van der Waals surface area (Å²) in [6.07, 6.45) is -0.441. The van der Waals surface area contributed by atoms with Crippen molar-refractivity contribution in [1.82, 2.24) is 4.90 Å². The first-order valence-electron chi connectivity index (χ1n) is 3.94. The van der Waals surface area contributed by atoms with Gasteiger partial charge in [0.1, 0.15) is 6.10 Å². The van der Waals surface area contributed by atoms with Gasteiger partial charge in [-0.05, 0) is 13.8 Å². The van der Waals surface area contributed by atoms with Crippen molar-refractivity contribution in [3.05, 3.63) is 0 Å². The van der Waals surface area contributed by atoms with E-state index in [1.54, 1.807) is 20.9 Å². The van der Waals surface area contributed by atoms with Crippen LogP contribution in [-0.4, -0.2) is 48.8 Å². The highest BCUT2D eigenvalue weighted by molar-refractivity contribution is 5.80. The average molecular weight is 175 g/mol. The number of likely N-dealkylation sites (N-methyl/N-ethyl adjacent to an activating group) is 1. The van der Waals surface area contributed by atoms with Crippen molar-refractivity contribution >= 4 is 5.91 Å². The molecule has 2 unspecified atom stereocenters. The van der Waals surface area contributed by atoms with Crippen LogP contribution >= 0.6 is 0 Å². The number of aliphatic hydroxyl groups excluding tert-OH is 1. The Hall–Kier alpha value is -0.610. The van der Waals surface area contributed by atoms with E-state index in [1.165, 1.54) is 12.0 Å². The molecule has 0 aromatic carbocycles. The summed E-state index contributed by atoms with van der Waals surface area (Å²) in [5.41, 5.74) is 0. The third-order valence-corrected chi connectivity index (χ3v) is 1.97. The zero-order chi connectivity index (χ0) is 9.72. The molecule has 0 aliphatic rings. The molecular formula is C8H17NO3. The first-order chi connectivity index (χ1) is 5.54. The van der Waals surface area contributed by atoms with Crippen molar-refractivity contribution < 1.29 is 14.6 Å². The van der Waals surface area contributed by atoms with Gasteiger partial charge in [-0.15, -0.1) is 0 Å². The number of rotatable bonds is 4. The van der Waals surface area contributed by atoms with E-state index in [0.717, 1.165) is 0 Å². The molecule has 0 spiro atoms. The van der Waals surface area contributed by atoms with Gasteiger partial charge in [0.25, 0.3) is 5.91 Å². The quantitative estimate of drug-likeness (QED) is 0.647. The maximum atomic E-state index is 11.4. The summed E-state index contributed by atoms with van der Waals surface area (Å²) in [6, 6.07) is -0.157. The molecule has 0 aliphatic carbocycles. The molecule has 4 nitrogen and oxygen atoms in total. The van der Waals surface area contributed by atoms with E-state index in [9.17, 15) is 4.79 Å². The molecule has 0 radical (unpaired) electrons. The molecule has 4 heteroatoms. The van der Waals surface area contributed by atoms with Crippen LogP contribution in [0.5, 0.6) is 0 Å². The number of aliphatic hydroxyl groups is 1. The number of methoxy groups -OCH3 is 1. The third kappa shape index (κ3) is 2.79. The maximum absolute atomic E-state index is 11.4. The second-order valence-corrected chi connectivity index (χ2v) is 2.86. The van der Waals surface area contributed by atoms with Crippen LogP contribution in [0.4, 0.5) is 0 Å². The highest BCUT2D eigenvalue weighted by Crippen LogP contribution is 2.00. The lowest BCUT2D eigenvalue weighted by Crippen LogP contribution is -2.42. The predicted molar refractivity (Wildman–Crippen MR) is 45.8 cm³/mol. The Kier molecular flexibility index (Phi) is 4.85. The Balaban J connectivity index is 4.09. The van der Waals surface area contributed by atoms with E-state index in [-0.39, 0.29) is 18.6 Å². The molecule has 72 valence electrons. The third-order valence-electron chi connectivity index (χ3n) is 1.97. The minimum Gasteiger partial charge on any atom is -0.394 e. The summed E-state index contributed by atoms with van der Waals surface area (Å²) in [5.74, 6) is -0.112. The molecule has 0 bridgehead atoms. The SMILES string of the molecule is COC(C)C(=O)N(C)C(C)CO. The minimum atomic E-state index is -0.441. The van der Waals surface area contributed by atoms with E-state index in [1.807, 2.05) is 0 Å². The first kappa shape index (κ1) is 11.4. The number of hydrogen-bond acceptors (Lipinski definition) is 3. The Bertz CT molecular complexity index is 149. The van der Waals surface area contributed by atoms with Gasteiger partial charge in [-0.2, -0.15) is 0 Å². The normalized spacial score (nSPS) is 15.4. The molecule has 0 rings (SSSR count). The van der Waals surface area contributed by atoms with Crippen LogP contribution in [0.2, 0.25) is 0 Å². The second kappa shape index (κ2) is 5.11. The van der Waals surface area contributed by atoms with Crippen molar-refractivity contribution in [3.8, 4) is 0 Å². The minimum absolute atomic E-state index is 0.0291. The van der Waals surface area contributed by atoms with E-state index < -0.39 is 6.10 Å². The van der Waals surface area contributed by atoms with Crippen molar-refractivity contribution in [2.75, 3.05) is 20.8 Å². The number of amides is 1. The van der Waals surface area contributed by atoms with Crippen molar-refractivity contribution in [1.29, 1.82) is 0 Å². The Morgan fingerprint density at radius 1 is 1.58 bits per heavy atom. The zero-order valence-electron chi connectivity index (χ0n) is 8.07. The van der Waals surface area contributed by atoms with Crippen LogP contribution in [0.15, 0.2) is 0 Å². The maximum Gasteiger partial charge on any atom is 0.251 e. The number of hydrogen-bond donors (Lipinski definition) is 1. The van der Waals surface area contributed by atoms with Crippen LogP contribution in [0.1, 0.15) is 13.8 Å². The van der Waals surface area contributed by atoms with Crippen LogP contribution in [0.3, 0.4) is 0 Å². The van der Waals surface area contributed by atoms with Gasteiger partial charge >= 0.3 is 0 Å². The van der Waals surface area contributed by atoms with Gasteiger partial charge in [0.05, 0.1) is 12.6 Å². The summed E-state index contributed by atoms with van der Waals surface area (Å²) < 4.78 is 4.85. The molecule has 0 aromatic rings. The molecule has 2 atom stereocenters. The van der Waals surface area contributed by atoms with Crippen LogP contribution in [0, 0.1) is 0 Å². The fourth-order valence-corrected chi connectivity index (χ4v) is 0.727. The molecule has 0 saturated heterocycles. The smallest absolute Gasteiger partial charge is 0.251 e. The zero-order valence-corrected chi connectivity index (χ0v) is 8.07. The van der Waals surface area contributed by atoms with Gasteiger partial charge in [-0.3, -0.25) is 4.79 Å². The number of carbonyl (C=O) groups is 1. The van der Waals surface area contributed by atoms with Gasteiger partial charge < -0.3 is 14.7 Å². The highest BCUT2D eigenvalue weighted by Gasteiger charge is 2.20. The van der Waals surface area contributed by atoms with Crippen molar-refractivity contribution in [2.45, 2.75) is 26.0 Å².